The lowest BCUT2D eigenvalue weighted by molar-refractivity contribution is -0.153. The third-order valence-electron chi connectivity index (χ3n) is 12.5. The lowest BCUT2D eigenvalue weighted by Crippen LogP contribution is -2.55. The van der Waals surface area contributed by atoms with Crippen molar-refractivity contribution in [3.05, 3.63) is 0 Å². The number of rotatable bonds is 5. The van der Waals surface area contributed by atoms with Crippen LogP contribution in [0.25, 0.3) is 0 Å². The van der Waals surface area contributed by atoms with Crippen molar-refractivity contribution in [3.8, 4) is 0 Å². The van der Waals surface area contributed by atoms with Crippen LogP contribution in [0.1, 0.15) is 92.9 Å². The molecule has 5 saturated carbocycles. The van der Waals surface area contributed by atoms with Gasteiger partial charge in [0.25, 0.3) is 0 Å². The molecular formula is C28H46O3. The lowest BCUT2D eigenvalue weighted by atomic mass is 9.45. The van der Waals surface area contributed by atoms with E-state index in [0.717, 1.165) is 18.8 Å². The van der Waals surface area contributed by atoms with E-state index in [1.807, 2.05) is 0 Å². The number of carbonyl (C=O) groups is 1. The van der Waals surface area contributed by atoms with Gasteiger partial charge in [0, 0.05) is 11.8 Å². The topological polar surface area (TPSA) is 57.5 Å². The summed E-state index contributed by atoms with van der Waals surface area (Å²) in [5, 5.41) is 22.0. The van der Waals surface area contributed by atoms with Crippen LogP contribution in [0.5, 0.6) is 0 Å². The maximum Gasteiger partial charge on any atom is 0.140 e. The molecule has 0 heterocycles. The number of aliphatic hydroxyl groups is 2. The van der Waals surface area contributed by atoms with Crippen molar-refractivity contribution < 1.29 is 15.0 Å². The second-order valence-corrected chi connectivity index (χ2v) is 13.5. The van der Waals surface area contributed by atoms with E-state index in [9.17, 15) is 15.0 Å². The average Bonchev–Trinajstić information content (AvgIpc) is 3.26. The van der Waals surface area contributed by atoms with Crippen LogP contribution in [-0.4, -0.2) is 28.2 Å². The molecule has 0 radical (unpaired) electrons. The van der Waals surface area contributed by atoms with E-state index in [1.165, 1.54) is 38.5 Å². The molecule has 0 aliphatic heterocycles. The van der Waals surface area contributed by atoms with Crippen LogP contribution in [0.3, 0.4) is 0 Å². The second-order valence-electron chi connectivity index (χ2n) is 13.5. The predicted octanol–water partition coefficient (Wildman–Crippen LogP) is 5.47. The van der Waals surface area contributed by atoms with E-state index >= 15 is 0 Å². The minimum atomic E-state index is -0.661. The van der Waals surface area contributed by atoms with Gasteiger partial charge in [-0.3, -0.25) is 4.79 Å². The highest BCUT2D eigenvalue weighted by Crippen LogP contribution is 2.80. The van der Waals surface area contributed by atoms with Crippen LogP contribution in [-0.2, 0) is 4.79 Å². The van der Waals surface area contributed by atoms with E-state index in [4.69, 9.17) is 0 Å². The quantitative estimate of drug-likeness (QED) is 0.608. The molecule has 0 unspecified atom stereocenters. The summed E-state index contributed by atoms with van der Waals surface area (Å²) in [6.07, 6.45) is 8.09. The molecule has 12 atom stereocenters. The molecule has 176 valence electrons. The third kappa shape index (κ3) is 2.74. The number of ketones is 1. The minimum absolute atomic E-state index is 0.0699. The van der Waals surface area contributed by atoms with Crippen molar-refractivity contribution >= 4 is 5.78 Å². The first-order valence-electron chi connectivity index (χ1n) is 13.4. The summed E-state index contributed by atoms with van der Waals surface area (Å²) < 4.78 is 0. The number of hydrogen-bond donors (Lipinski definition) is 2. The average molecular weight is 431 g/mol. The van der Waals surface area contributed by atoms with Gasteiger partial charge in [-0.25, -0.2) is 0 Å². The number of fused-ring (bicyclic) bond motifs is 4. The van der Waals surface area contributed by atoms with Crippen molar-refractivity contribution in [2.24, 2.45) is 63.6 Å². The molecule has 1 spiro atoms. The Bertz CT molecular complexity index is 747. The van der Waals surface area contributed by atoms with Crippen LogP contribution < -0.4 is 0 Å². The Morgan fingerprint density at radius 3 is 2.26 bits per heavy atom. The Morgan fingerprint density at radius 1 is 0.903 bits per heavy atom. The van der Waals surface area contributed by atoms with Gasteiger partial charge in [0.1, 0.15) is 5.78 Å². The molecule has 0 saturated heterocycles. The highest BCUT2D eigenvalue weighted by molar-refractivity contribution is 5.91. The Hall–Kier alpha value is -0.410. The molecule has 5 aliphatic rings. The molecule has 0 amide bonds. The molecule has 31 heavy (non-hydrogen) atoms. The van der Waals surface area contributed by atoms with Crippen LogP contribution >= 0.6 is 0 Å². The summed E-state index contributed by atoms with van der Waals surface area (Å²) in [6.45, 7) is 13.4. The third-order valence-corrected chi connectivity index (χ3v) is 12.5. The Kier molecular flexibility index (Phi) is 5.09. The lowest BCUT2D eigenvalue weighted by Gasteiger charge is -2.58. The molecule has 0 aromatic carbocycles. The van der Waals surface area contributed by atoms with Crippen LogP contribution in [0.2, 0.25) is 0 Å². The molecule has 2 N–H and O–H groups in total. The summed E-state index contributed by atoms with van der Waals surface area (Å²) >= 11 is 0. The van der Waals surface area contributed by atoms with Gasteiger partial charge in [0.2, 0.25) is 0 Å². The second kappa shape index (κ2) is 7.05. The maximum atomic E-state index is 13.5. The summed E-state index contributed by atoms with van der Waals surface area (Å²) in [5.74, 6) is 4.20. The van der Waals surface area contributed by atoms with E-state index in [1.54, 1.807) is 0 Å². The molecule has 5 aliphatic carbocycles. The van der Waals surface area contributed by atoms with Crippen molar-refractivity contribution in [3.63, 3.8) is 0 Å². The number of hydrogen-bond acceptors (Lipinski definition) is 3. The largest absolute Gasteiger partial charge is 0.390 e. The van der Waals surface area contributed by atoms with Crippen molar-refractivity contribution in [1.82, 2.24) is 0 Å². The van der Waals surface area contributed by atoms with E-state index < -0.39 is 12.2 Å². The van der Waals surface area contributed by atoms with Crippen LogP contribution in [0.4, 0.5) is 0 Å². The SMILES string of the molecule is CC(C)[C@@H](C)[C@@H](O)[C@H](O)[C@@H](C)[C@H]1CC[C@H]2[C@@H]3CC(=O)[C@]45C[C@@H]4CC[C@]5(C)[C@H]3CC[C@]12C. The summed E-state index contributed by atoms with van der Waals surface area (Å²) in [7, 11) is 0. The van der Waals surface area contributed by atoms with Crippen LogP contribution in [0, 0.1) is 63.6 Å². The first kappa shape index (κ1) is 22.4. The fraction of sp³-hybridized carbons (Fsp3) is 0.964. The molecule has 0 aromatic rings. The molecule has 0 bridgehead atoms. The van der Waals surface area contributed by atoms with E-state index in [0.29, 0.717) is 35.4 Å². The zero-order chi connectivity index (χ0) is 22.5. The molecular weight excluding hydrogens is 384 g/mol. The number of aliphatic hydroxyl groups excluding tert-OH is 2. The summed E-state index contributed by atoms with van der Waals surface area (Å²) in [5.41, 5.74) is 0.524. The molecule has 5 rings (SSSR count). The van der Waals surface area contributed by atoms with Gasteiger partial charge in [-0.1, -0.05) is 41.5 Å². The van der Waals surface area contributed by atoms with E-state index in [2.05, 4.69) is 41.5 Å². The standard InChI is InChI=1S/C28H46O3/c1-15(2)16(3)24(30)25(31)17(4)20-7-8-21-19-13-23(29)28-14-18(28)9-12-27(28,6)22(19)10-11-26(20,21)5/h15-22,24-25,30-31H,7-14H2,1-6H3/t16-,17+,18+,19+,20-,21+,22+,24-,25-,26-,27-,28+/m1/s1. The number of carbonyl (C=O) groups excluding carboxylic acids is 1. The first-order valence-corrected chi connectivity index (χ1v) is 13.4. The predicted molar refractivity (Wildman–Crippen MR) is 123 cm³/mol. The normalized spacial score (nSPS) is 52.0. The number of Topliss-reactive ketones (excluding diaryl/α,β-unsaturated/α-hetero) is 1. The Balaban J connectivity index is 1.37. The smallest absolute Gasteiger partial charge is 0.140 e. The van der Waals surface area contributed by atoms with Gasteiger partial charge >= 0.3 is 0 Å². The van der Waals surface area contributed by atoms with Crippen molar-refractivity contribution in [2.75, 3.05) is 0 Å². The first-order chi connectivity index (χ1) is 14.5. The van der Waals surface area contributed by atoms with Crippen molar-refractivity contribution in [2.45, 2.75) is 105 Å². The van der Waals surface area contributed by atoms with E-state index in [-0.39, 0.29) is 28.1 Å². The fourth-order valence-electron chi connectivity index (χ4n) is 10.2. The Morgan fingerprint density at radius 2 is 1.61 bits per heavy atom. The fourth-order valence-corrected chi connectivity index (χ4v) is 10.2. The van der Waals surface area contributed by atoms with Gasteiger partial charge in [-0.2, -0.15) is 0 Å². The van der Waals surface area contributed by atoms with Gasteiger partial charge in [-0.05, 0) is 103 Å². The molecule has 5 fully saturated rings. The van der Waals surface area contributed by atoms with Crippen molar-refractivity contribution in [1.29, 1.82) is 0 Å². The van der Waals surface area contributed by atoms with Gasteiger partial charge < -0.3 is 10.2 Å². The maximum absolute atomic E-state index is 13.5. The monoisotopic (exact) mass is 430 g/mol. The van der Waals surface area contributed by atoms with Gasteiger partial charge in [0.05, 0.1) is 12.2 Å². The zero-order valence-electron chi connectivity index (χ0n) is 20.7. The van der Waals surface area contributed by atoms with Gasteiger partial charge in [0.15, 0.2) is 0 Å². The highest BCUT2D eigenvalue weighted by atomic mass is 16.3. The molecule has 3 heteroatoms. The zero-order valence-corrected chi connectivity index (χ0v) is 20.7. The highest BCUT2D eigenvalue weighted by Gasteiger charge is 2.77. The molecule has 0 aromatic heterocycles. The van der Waals surface area contributed by atoms with Gasteiger partial charge in [-0.15, -0.1) is 0 Å². The Labute approximate surface area is 189 Å². The molecule has 3 nitrogen and oxygen atoms in total. The van der Waals surface area contributed by atoms with Crippen LogP contribution in [0.15, 0.2) is 0 Å². The minimum Gasteiger partial charge on any atom is -0.390 e. The summed E-state index contributed by atoms with van der Waals surface area (Å²) in [6, 6.07) is 0. The summed E-state index contributed by atoms with van der Waals surface area (Å²) in [4.78, 5) is 13.5.